The molecular formula is C21H21NO5. The fourth-order valence-electron chi connectivity index (χ4n) is 3.84. The molecule has 1 aliphatic heterocycles. The number of carboxylic acid groups (broad SMARTS) is 1. The van der Waals surface area contributed by atoms with E-state index in [0.29, 0.717) is 0 Å². The van der Waals surface area contributed by atoms with E-state index in [1.165, 1.54) is 16.0 Å². The quantitative estimate of drug-likeness (QED) is 0.902. The van der Waals surface area contributed by atoms with Gasteiger partial charge >= 0.3 is 12.1 Å². The summed E-state index contributed by atoms with van der Waals surface area (Å²) < 4.78 is 10.9. The molecule has 2 atom stereocenters. The molecule has 0 aromatic heterocycles. The number of morpholine rings is 1. The van der Waals surface area contributed by atoms with Crippen LogP contribution in [0.5, 0.6) is 0 Å². The Morgan fingerprint density at radius 3 is 2.30 bits per heavy atom. The number of carboxylic acids is 1. The number of carbonyl (C=O) groups excluding carboxylic acids is 1. The van der Waals surface area contributed by atoms with E-state index >= 15 is 0 Å². The average molecular weight is 367 g/mol. The molecule has 4 rings (SSSR count). The van der Waals surface area contributed by atoms with Gasteiger partial charge in [-0.05, 0) is 29.2 Å². The maximum absolute atomic E-state index is 12.6. The monoisotopic (exact) mass is 367 g/mol. The van der Waals surface area contributed by atoms with Gasteiger partial charge in [0, 0.05) is 5.92 Å². The first kappa shape index (κ1) is 17.5. The molecule has 1 saturated heterocycles. The highest BCUT2D eigenvalue weighted by Gasteiger charge is 2.35. The third-order valence-electron chi connectivity index (χ3n) is 5.28. The summed E-state index contributed by atoms with van der Waals surface area (Å²) in [5, 5.41) is 9.14. The third kappa shape index (κ3) is 3.17. The van der Waals surface area contributed by atoms with Crippen molar-refractivity contribution in [1.82, 2.24) is 4.90 Å². The smallest absolute Gasteiger partial charge is 0.410 e. The lowest BCUT2D eigenvalue weighted by atomic mass is 9.98. The van der Waals surface area contributed by atoms with Crippen LogP contribution in [0.3, 0.4) is 0 Å². The normalized spacial score (nSPS) is 21.4. The summed E-state index contributed by atoms with van der Waals surface area (Å²) in [7, 11) is 0. The number of hydrogen-bond donors (Lipinski definition) is 1. The van der Waals surface area contributed by atoms with E-state index in [1.54, 1.807) is 0 Å². The summed E-state index contributed by atoms with van der Waals surface area (Å²) in [6.45, 7) is 2.21. The largest absolute Gasteiger partial charge is 0.479 e. The number of ether oxygens (including phenoxy) is 2. The molecule has 6 heteroatoms. The summed E-state index contributed by atoms with van der Waals surface area (Å²) >= 11 is 0. The fourth-order valence-corrected chi connectivity index (χ4v) is 3.84. The Kier molecular flexibility index (Phi) is 4.58. The van der Waals surface area contributed by atoms with Crippen molar-refractivity contribution < 1.29 is 24.2 Å². The van der Waals surface area contributed by atoms with Crippen LogP contribution < -0.4 is 0 Å². The van der Waals surface area contributed by atoms with Crippen LogP contribution in [0.15, 0.2) is 48.5 Å². The van der Waals surface area contributed by atoms with E-state index in [-0.39, 0.29) is 31.7 Å². The van der Waals surface area contributed by atoms with Gasteiger partial charge in [-0.2, -0.15) is 0 Å². The highest BCUT2D eigenvalue weighted by molar-refractivity contribution is 5.79. The van der Waals surface area contributed by atoms with Crippen molar-refractivity contribution in [3.8, 4) is 11.1 Å². The zero-order valence-electron chi connectivity index (χ0n) is 15.0. The van der Waals surface area contributed by atoms with E-state index in [0.717, 1.165) is 11.1 Å². The molecule has 0 saturated carbocycles. The van der Waals surface area contributed by atoms with Crippen LogP contribution in [-0.4, -0.2) is 54.0 Å². The van der Waals surface area contributed by atoms with Crippen molar-refractivity contribution in [2.75, 3.05) is 19.8 Å². The minimum Gasteiger partial charge on any atom is -0.479 e. The third-order valence-corrected chi connectivity index (χ3v) is 5.28. The summed E-state index contributed by atoms with van der Waals surface area (Å²) in [6.07, 6.45) is -1.51. The Bertz CT molecular complexity index is 835. The second-order valence-corrected chi connectivity index (χ2v) is 6.97. The van der Waals surface area contributed by atoms with E-state index < -0.39 is 18.2 Å². The number of benzene rings is 2. The van der Waals surface area contributed by atoms with Gasteiger partial charge in [-0.25, -0.2) is 9.59 Å². The number of rotatable bonds is 3. The minimum absolute atomic E-state index is 0.00677. The van der Waals surface area contributed by atoms with Gasteiger partial charge in [0.2, 0.25) is 0 Å². The molecule has 0 unspecified atom stereocenters. The predicted octanol–water partition coefficient (Wildman–Crippen LogP) is 3.11. The molecule has 0 bridgehead atoms. The molecule has 1 N–H and O–H groups in total. The van der Waals surface area contributed by atoms with Crippen molar-refractivity contribution >= 4 is 12.1 Å². The summed E-state index contributed by atoms with van der Waals surface area (Å²) in [6, 6.07) is 16.0. The maximum atomic E-state index is 12.6. The van der Waals surface area contributed by atoms with E-state index in [2.05, 4.69) is 24.3 Å². The molecule has 6 nitrogen and oxygen atoms in total. The molecule has 0 radical (unpaired) electrons. The molecule has 1 heterocycles. The SMILES string of the molecule is C[C@@H]1CO[C@@H](C(=O)O)CN1C(=O)OCC1c2ccccc2-c2ccccc21. The molecule has 0 spiro atoms. The average Bonchev–Trinajstić information content (AvgIpc) is 3.00. The van der Waals surface area contributed by atoms with Crippen molar-refractivity contribution in [3.63, 3.8) is 0 Å². The molecule has 1 fully saturated rings. The van der Waals surface area contributed by atoms with Gasteiger partial charge in [0.1, 0.15) is 6.61 Å². The number of fused-ring (bicyclic) bond motifs is 3. The van der Waals surface area contributed by atoms with Gasteiger partial charge in [0.05, 0.1) is 19.2 Å². The predicted molar refractivity (Wildman–Crippen MR) is 98.6 cm³/mol. The minimum atomic E-state index is -1.07. The number of nitrogens with zero attached hydrogens (tertiary/aromatic N) is 1. The number of amides is 1. The second-order valence-electron chi connectivity index (χ2n) is 6.97. The first-order valence-electron chi connectivity index (χ1n) is 9.02. The molecule has 140 valence electrons. The Hall–Kier alpha value is -2.86. The Morgan fingerprint density at radius 1 is 1.11 bits per heavy atom. The highest BCUT2D eigenvalue weighted by atomic mass is 16.6. The van der Waals surface area contributed by atoms with E-state index in [1.807, 2.05) is 31.2 Å². The topological polar surface area (TPSA) is 76.1 Å². The number of carbonyl (C=O) groups is 2. The van der Waals surface area contributed by atoms with Crippen LogP contribution in [-0.2, 0) is 14.3 Å². The summed E-state index contributed by atoms with van der Waals surface area (Å²) in [4.78, 5) is 25.2. The van der Waals surface area contributed by atoms with E-state index in [4.69, 9.17) is 14.6 Å². The van der Waals surface area contributed by atoms with Gasteiger partial charge in [-0.15, -0.1) is 0 Å². The lowest BCUT2D eigenvalue weighted by Gasteiger charge is -2.35. The van der Waals surface area contributed by atoms with Crippen molar-refractivity contribution in [1.29, 1.82) is 0 Å². The van der Waals surface area contributed by atoms with Gasteiger partial charge in [-0.1, -0.05) is 48.5 Å². The number of hydrogen-bond acceptors (Lipinski definition) is 4. The second kappa shape index (κ2) is 7.04. The number of aliphatic carboxylic acids is 1. The highest BCUT2D eigenvalue weighted by Crippen LogP contribution is 2.44. The van der Waals surface area contributed by atoms with Crippen LogP contribution in [0.4, 0.5) is 4.79 Å². The van der Waals surface area contributed by atoms with Crippen LogP contribution in [0, 0.1) is 0 Å². The van der Waals surface area contributed by atoms with Crippen LogP contribution >= 0.6 is 0 Å². The summed E-state index contributed by atoms with van der Waals surface area (Å²) in [5.41, 5.74) is 4.62. The Balaban J connectivity index is 1.50. The van der Waals surface area contributed by atoms with E-state index in [9.17, 15) is 9.59 Å². The molecular weight excluding hydrogens is 346 g/mol. The lowest BCUT2D eigenvalue weighted by molar-refractivity contribution is -0.157. The summed E-state index contributed by atoms with van der Waals surface area (Å²) in [5.74, 6) is -1.09. The first-order chi connectivity index (χ1) is 13.1. The van der Waals surface area contributed by atoms with Gasteiger partial charge in [0.25, 0.3) is 0 Å². The lowest BCUT2D eigenvalue weighted by Crippen LogP contribution is -2.53. The van der Waals surface area contributed by atoms with Gasteiger partial charge < -0.3 is 14.6 Å². The fraction of sp³-hybridized carbons (Fsp3) is 0.333. The van der Waals surface area contributed by atoms with Crippen molar-refractivity contribution in [2.24, 2.45) is 0 Å². The zero-order valence-corrected chi connectivity index (χ0v) is 15.0. The maximum Gasteiger partial charge on any atom is 0.410 e. The molecule has 1 amide bonds. The standard InChI is InChI=1S/C21H21NO5/c1-13-11-26-19(20(23)24)10-22(13)21(25)27-12-18-16-8-4-2-6-14(16)15-7-3-5-9-17(15)18/h2-9,13,18-19H,10-12H2,1H3,(H,23,24)/t13-,19-/m1/s1. The molecule has 2 aliphatic rings. The zero-order chi connectivity index (χ0) is 19.0. The van der Waals surface area contributed by atoms with Crippen LogP contribution in [0.2, 0.25) is 0 Å². The molecule has 2 aromatic carbocycles. The van der Waals surface area contributed by atoms with Crippen LogP contribution in [0.25, 0.3) is 11.1 Å². The molecule has 1 aliphatic carbocycles. The molecule has 2 aromatic rings. The molecule has 27 heavy (non-hydrogen) atoms. The van der Waals surface area contributed by atoms with Crippen LogP contribution in [0.1, 0.15) is 24.0 Å². The Morgan fingerprint density at radius 2 is 1.70 bits per heavy atom. The van der Waals surface area contributed by atoms with Gasteiger partial charge in [0.15, 0.2) is 6.10 Å². The van der Waals surface area contributed by atoms with Crippen molar-refractivity contribution in [2.45, 2.75) is 25.0 Å². The first-order valence-corrected chi connectivity index (χ1v) is 9.02. The Labute approximate surface area is 157 Å². The van der Waals surface area contributed by atoms with Crippen molar-refractivity contribution in [3.05, 3.63) is 59.7 Å². The van der Waals surface area contributed by atoms with Gasteiger partial charge in [-0.3, -0.25) is 4.90 Å².